The number of hydrogen-bond acceptors (Lipinski definition) is 5. The molecule has 13 heavy (non-hydrogen) atoms. The van der Waals surface area contributed by atoms with E-state index in [0.717, 1.165) is 11.5 Å². The number of thioether (sulfide) groups is 1. The number of rotatable bonds is 2. The molecule has 1 amide bonds. The Labute approximate surface area is 82.5 Å². The molecular weight excluding hydrogens is 210 g/mol. The summed E-state index contributed by atoms with van der Waals surface area (Å²) in [6.07, 6.45) is 0.591. The standard InChI is InChI=1S/C6H5N3O2S2/c1-12-5-3(2-7)4(13-9-5)8-6(10)11/h8H,1H3,(H,10,11). The van der Waals surface area contributed by atoms with E-state index in [9.17, 15) is 4.79 Å². The van der Waals surface area contributed by atoms with Gasteiger partial charge in [-0.05, 0) is 17.8 Å². The van der Waals surface area contributed by atoms with Crippen molar-refractivity contribution >= 4 is 34.4 Å². The van der Waals surface area contributed by atoms with E-state index in [1.165, 1.54) is 11.8 Å². The van der Waals surface area contributed by atoms with Crippen LogP contribution in [0.15, 0.2) is 5.03 Å². The molecule has 0 bridgehead atoms. The van der Waals surface area contributed by atoms with Crippen LogP contribution in [0.5, 0.6) is 0 Å². The zero-order valence-electron chi connectivity index (χ0n) is 6.57. The second-order valence-corrected chi connectivity index (χ2v) is 3.51. The van der Waals surface area contributed by atoms with Gasteiger partial charge in [-0.3, -0.25) is 5.32 Å². The Morgan fingerprint density at radius 2 is 2.54 bits per heavy atom. The lowest BCUT2D eigenvalue weighted by molar-refractivity contribution is 0.210. The number of nitrogens with one attached hydrogen (secondary N) is 1. The van der Waals surface area contributed by atoms with Gasteiger partial charge in [-0.2, -0.15) is 9.64 Å². The van der Waals surface area contributed by atoms with Crippen molar-refractivity contribution in [3.05, 3.63) is 5.56 Å². The van der Waals surface area contributed by atoms with E-state index in [2.05, 4.69) is 9.69 Å². The third kappa shape index (κ3) is 2.11. The van der Waals surface area contributed by atoms with Crippen molar-refractivity contribution in [2.75, 3.05) is 11.6 Å². The van der Waals surface area contributed by atoms with E-state index in [1.807, 2.05) is 6.07 Å². The summed E-state index contributed by atoms with van der Waals surface area (Å²) in [5, 5.41) is 20.1. The highest BCUT2D eigenvalue weighted by atomic mass is 32.2. The predicted molar refractivity (Wildman–Crippen MR) is 50.3 cm³/mol. The molecule has 1 aromatic heterocycles. The van der Waals surface area contributed by atoms with Crippen molar-refractivity contribution in [1.82, 2.24) is 4.37 Å². The molecule has 7 heteroatoms. The van der Waals surface area contributed by atoms with Crippen LogP contribution in [0.25, 0.3) is 0 Å². The van der Waals surface area contributed by atoms with Crippen molar-refractivity contribution in [3.63, 3.8) is 0 Å². The quantitative estimate of drug-likeness (QED) is 0.735. The van der Waals surface area contributed by atoms with Crippen LogP contribution in [0.1, 0.15) is 5.56 Å². The molecule has 0 unspecified atom stereocenters. The van der Waals surface area contributed by atoms with E-state index in [-0.39, 0.29) is 5.00 Å². The van der Waals surface area contributed by atoms with Gasteiger partial charge in [-0.25, -0.2) is 4.79 Å². The molecule has 0 aliphatic heterocycles. The number of carboxylic acid groups (broad SMARTS) is 1. The van der Waals surface area contributed by atoms with Gasteiger partial charge in [0.05, 0.1) is 0 Å². The van der Waals surface area contributed by atoms with E-state index in [1.54, 1.807) is 6.26 Å². The number of nitriles is 1. The van der Waals surface area contributed by atoms with Gasteiger partial charge < -0.3 is 5.11 Å². The van der Waals surface area contributed by atoms with Gasteiger partial charge >= 0.3 is 6.09 Å². The lowest BCUT2D eigenvalue weighted by Crippen LogP contribution is -2.06. The molecule has 0 radical (unpaired) electrons. The first kappa shape index (κ1) is 9.83. The SMILES string of the molecule is CSc1nsc(NC(=O)O)c1C#N. The molecule has 5 nitrogen and oxygen atoms in total. The van der Waals surface area contributed by atoms with Crippen LogP contribution in [0, 0.1) is 11.3 Å². The Bertz CT molecular complexity index is 368. The fourth-order valence-electron chi connectivity index (χ4n) is 0.696. The van der Waals surface area contributed by atoms with Gasteiger partial charge in [0.25, 0.3) is 0 Å². The number of aromatic nitrogens is 1. The second-order valence-electron chi connectivity index (χ2n) is 1.94. The number of hydrogen-bond donors (Lipinski definition) is 2. The topological polar surface area (TPSA) is 86.0 Å². The molecule has 0 aromatic carbocycles. The number of anilines is 1. The predicted octanol–water partition coefficient (Wildman–Crippen LogP) is 1.83. The summed E-state index contributed by atoms with van der Waals surface area (Å²) < 4.78 is 3.91. The van der Waals surface area contributed by atoms with Crippen LogP contribution in [0.2, 0.25) is 0 Å². The molecule has 0 aliphatic rings. The van der Waals surface area contributed by atoms with E-state index < -0.39 is 6.09 Å². The average molecular weight is 215 g/mol. The lowest BCUT2D eigenvalue weighted by atomic mass is 10.4. The maximum atomic E-state index is 10.3. The van der Waals surface area contributed by atoms with Crippen LogP contribution in [-0.2, 0) is 0 Å². The van der Waals surface area contributed by atoms with Gasteiger partial charge in [0.2, 0.25) is 0 Å². The van der Waals surface area contributed by atoms with E-state index in [4.69, 9.17) is 10.4 Å². The summed E-state index contributed by atoms with van der Waals surface area (Å²) in [5.41, 5.74) is 0.292. The Balaban J connectivity index is 3.02. The highest BCUT2D eigenvalue weighted by molar-refractivity contribution is 7.98. The minimum atomic E-state index is -1.19. The Hall–Kier alpha value is -1.26. The molecule has 1 aromatic rings. The first-order valence-electron chi connectivity index (χ1n) is 3.12. The third-order valence-corrected chi connectivity index (χ3v) is 2.75. The summed E-state index contributed by atoms with van der Waals surface area (Å²) in [6, 6.07) is 1.90. The third-order valence-electron chi connectivity index (χ3n) is 1.19. The molecule has 2 N–H and O–H groups in total. The Morgan fingerprint density at radius 3 is 3.00 bits per heavy atom. The van der Waals surface area contributed by atoms with Crippen LogP contribution in [0.4, 0.5) is 9.80 Å². The summed E-state index contributed by atoms with van der Waals surface area (Å²) in [4.78, 5) is 10.3. The first-order valence-corrected chi connectivity index (χ1v) is 5.12. The monoisotopic (exact) mass is 215 g/mol. The summed E-state index contributed by atoms with van der Waals surface area (Å²) in [5.74, 6) is 0. The lowest BCUT2D eigenvalue weighted by Gasteiger charge is -1.94. The Morgan fingerprint density at radius 1 is 1.85 bits per heavy atom. The molecule has 0 aliphatic carbocycles. The molecule has 0 saturated carbocycles. The molecule has 0 fully saturated rings. The van der Waals surface area contributed by atoms with Crippen molar-refractivity contribution in [1.29, 1.82) is 5.26 Å². The maximum Gasteiger partial charge on any atom is 0.409 e. The largest absolute Gasteiger partial charge is 0.465 e. The zero-order chi connectivity index (χ0) is 9.84. The van der Waals surface area contributed by atoms with Gasteiger partial charge in [0.1, 0.15) is 21.7 Å². The highest BCUT2D eigenvalue weighted by Gasteiger charge is 2.13. The smallest absolute Gasteiger partial charge is 0.409 e. The minimum absolute atomic E-state index is 0.277. The number of nitrogens with zero attached hydrogens (tertiary/aromatic N) is 2. The minimum Gasteiger partial charge on any atom is -0.465 e. The number of carbonyl (C=O) groups is 1. The maximum absolute atomic E-state index is 10.3. The first-order chi connectivity index (χ1) is 6.19. The van der Waals surface area contributed by atoms with Crippen LogP contribution in [-0.4, -0.2) is 21.8 Å². The molecular formula is C6H5N3O2S2. The van der Waals surface area contributed by atoms with Gasteiger partial charge in [0.15, 0.2) is 0 Å². The van der Waals surface area contributed by atoms with E-state index >= 15 is 0 Å². The summed E-state index contributed by atoms with van der Waals surface area (Å²) in [7, 11) is 0. The molecule has 68 valence electrons. The number of amides is 1. The zero-order valence-corrected chi connectivity index (χ0v) is 8.20. The van der Waals surface area contributed by atoms with Crippen molar-refractivity contribution < 1.29 is 9.90 Å². The molecule has 0 spiro atoms. The summed E-state index contributed by atoms with van der Waals surface area (Å²) in [6.45, 7) is 0. The van der Waals surface area contributed by atoms with Crippen molar-refractivity contribution in [2.45, 2.75) is 5.03 Å². The Kier molecular flexibility index (Phi) is 3.11. The molecule has 1 rings (SSSR count). The second kappa shape index (κ2) is 4.11. The van der Waals surface area contributed by atoms with Gasteiger partial charge in [-0.15, -0.1) is 11.8 Å². The normalized spacial score (nSPS) is 9.23. The fourth-order valence-corrected chi connectivity index (χ4v) is 2.15. The fraction of sp³-hybridized carbons (Fsp3) is 0.167. The van der Waals surface area contributed by atoms with Crippen LogP contribution < -0.4 is 5.32 Å². The van der Waals surface area contributed by atoms with Crippen molar-refractivity contribution in [2.24, 2.45) is 0 Å². The molecule has 1 heterocycles. The van der Waals surface area contributed by atoms with Crippen LogP contribution >= 0.6 is 23.3 Å². The van der Waals surface area contributed by atoms with Crippen molar-refractivity contribution in [3.8, 4) is 6.07 Å². The summed E-state index contributed by atoms with van der Waals surface area (Å²) >= 11 is 2.28. The van der Waals surface area contributed by atoms with Gasteiger partial charge in [0, 0.05) is 0 Å². The molecule has 0 saturated heterocycles. The average Bonchev–Trinajstić information content (AvgIpc) is 2.45. The van der Waals surface area contributed by atoms with Crippen LogP contribution in [0.3, 0.4) is 0 Å². The highest BCUT2D eigenvalue weighted by Crippen LogP contribution is 2.29. The molecule has 0 atom stereocenters. The van der Waals surface area contributed by atoms with Gasteiger partial charge in [-0.1, -0.05) is 0 Å². The van der Waals surface area contributed by atoms with E-state index in [0.29, 0.717) is 10.6 Å².